The summed E-state index contributed by atoms with van der Waals surface area (Å²) in [5.74, 6) is 8.75. The van der Waals surface area contributed by atoms with Gasteiger partial charge in [-0.05, 0) is 81.1 Å². The van der Waals surface area contributed by atoms with Gasteiger partial charge in [-0.25, -0.2) is 9.97 Å². The SMILES string of the molecule is C=C1CCNC1c1nc2ccc(C#Cc3ccc4c(c3)CCc3[nH]c(C5CCCN5)nc3-4)cc2[nH]1. The fraction of sp³-hybridized carbons (Fsp3) is 0.310. The van der Waals surface area contributed by atoms with Crippen molar-refractivity contribution in [2.24, 2.45) is 0 Å². The van der Waals surface area contributed by atoms with Crippen LogP contribution in [0.15, 0.2) is 48.6 Å². The maximum Gasteiger partial charge on any atom is 0.128 e. The molecule has 2 aromatic heterocycles. The highest BCUT2D eigenvalue weighted by molar-refractivity contribution is 5.77. The van der Waals surface area contributed by atoms with E-state index in [0.29, 0.717) is 6.04 Å². The molecule has 1 aliphatic carbocycles. The largest absolute Gasteiger partial charge is 0.344 e. The average Bonchev–Trinajstić information content (AvgIpc) is 3.67. The number of hydrogen-bond donors (Lipinski definition) is 4. The summed E-state index contributed by atoms with van der Waals surface area (Å²) in [5, 5.41) is 7.01. The Morgan fingerprint density at radius 3 is 2.57 bits per heavy atom. The van der Waals surface area contributed by atoms with Crippen molar-refractivity contribution in [1.29, 1.82) is 0 Å². The summed E-state index contributed by atoms with van der Waals surface area (Å²) in [6.45, 7) is 6.21. The van der Waals surface area contributed by atoms with Gasteiger partial charge in [0.2, 0.25) is 0 Å². The number of nitrogens with one attached hydrogen (secondary N) is 4. The number of benzene rings is 2. The first-order valence-corrected chi connectivity index (χ1v) is 12.6. The molecule has 6 nitrogen and oxygen atoms in total. The van der Waals surface area contributed by atoms with Gasteiger partial charge in [-0.2, -0.15) is 0 Å². The molecule has 7 rings (SSSR count). The number of nitrogens with zero attached hydrogens (tertiary/aromatic N) is 2. The lowest BCUT2D eigenvalue weighted by atomic mass is 9.91. The smallest absolute Gasteiger partial charge is 0.128 e. The second-order valence-electron chi connectivity index (χ2n) is 9.87. The number of H-pyrrole nitrogens is 2. The Labute approximate surface area is 204 Å². The van der Waals surface area contributed by atoms with Crippen LogP contribution in [0, 0.1) is 11.8 Å². The number of aromatic amines is 2. The molecule has 2 aliphatic heterocycles. The molecule has 4 N–H and O–H groups in total. The zero-order chi connectivity index (χ0) is 23.4. The predicted molar refractivity (Wildman–Crippen MR) is 138 cm³/mol. The van der Waals surface area contributed by atoms with Crippen LogP contribution in [0.25, 0.3) is 22.3 Å². The van der Waals surface area contributed by atoms with E-state index in [1.807, 2.05) is 12.1 Å². The van der Waals surface area contributed by atoms with Crippen molar-refractivity contribution in [3.05, 3.63) is 82.6 Å². The lowest BCUT2D eigenvalue weighted by Crippen LogP contribution is -2.14. The highest BCUT2D eigenvalue weighted by Gasteiger charge is 2.25. The lowest BCUT2D eigenvalue weighted by Gasteiger charge is -2.15. The summed E-state index contributed by atoms with van der Waals surface area (Å²) >= 11 is 0. The molecular formula is C29H28N6. The lowest BCUT2D eigenvalue weighted by molar-refractivity contribution is 0.611. The molecule has 2 fully saturated rings. The molecule has 0 radical (unpaired) electrons. The quantitative estimate of drug-likeness (QED) is 0.263. The Bertz CT molecular complexity index is 1520. The molecule has 0 saturated carbocycles. The van der Waals surface area contributed by atoms with Crippen molar-refractivity contribution >= 4 is 11.0 Å². The van der Waals surface area contributed by atoms with Gasteiger partial charge in [0.1, 0.15) is 11.6 Å². The zero-order valence-corrected chi connectivity index (χ0v) is 19.7. The van der Waals surface area contributed by atoms with E-state index < -0.39 is 0 Å². The normalized spacial score (nSPS) is 21.1. The van der Waals surface area contributed by atoms with Crippen molar-refractivity contribution in [2.45, 2.75) is 44.2 Å². The number of fused-ring (bicyclic) bond motifs is 4. The Kier molecular flexibility index (Phi) is 4.86. The van der Waals surface area contributed by atoms with Crippen LogP contribution in [0.5, 0.6) is 0 Å². The van der Waals surface area contributed by atoms with Crippen molar-refractivity contribution in [2.75, 3.05) is 13.1 Å². The number of aryl methyl sites for hydroxylation is 2. The van der Waals surface area contributed by atoms with E-state index in [0.717, 1.165) is 78.3 Å². The van der Waals surface area contributed by atoms with Crippen molar-refractivity contribution in [3.8, 4) is 23.1 Å². The number of aromatic nitrogens is 4. The zero-order valence-electron chi connectivity index (χ0n) is 19.7. The molecule has 2 aromatic carbocycles. The van der Waals surface area contributed by atoms with Gasteiger partial charge in [0.15, 0.2) is 0 Å². The van der Waals surface area contributed by atoms with Gasteiger partial charge in [0.05, 0.1) is 28.8 Å². The monoisotopic (exact) mass is 460 g/mol. The third-order valence-corrected chi connectivity index (χ3v) is 7.52. The van der Waals surface area contributed by atoms with Gasteiger partial charge >= 0.3 is 0 Å². The van der Waals surface area contributed by atoms with Gasteiger partial charge in [-0.15, -0.1) is 0 Å². The molecule has 2 saturated heterocycles. The van der Waals surface area contributed by atoms with E-state index in [2.05, 4.69) is 63.3 Å². The van der Waals surface area contributed by atoms with Gasteiger partial charge in [-0.3, -0.25) is 0 Å². The maximum absolute atomic E-state index is 4.99. The first-order valence-electron chi connectivity index (χ1n) is 12.6. The molecular weight excluding hydrogens is 432 g/mol. The Balaban J connectivity index is 1.15. The minimum absolute atomic E-state index is 0.118. The highest BCUT2D eigenvalue weighted by atomic mass is 15.1. The van der Waals surface area contributed by atoms with E-state index in [4.69, 9.17) is 9.97 Å². The van der Waals surface area contributed by atoms with Crippen LogP contribution in [0.1, 0.15) is 65.4 Å². The van der Waals surface area contributed by atoms with Gasteiger partial charge in [-0.1, -0.05) is 30.1 Å². The van der Waals surface area contributed by atoms with Crippen LogP contribution in [0.3, 0.4) is 0 Å². The molecule has 35 heavy (non-hydrogen) atoms. The second kappa shape index (κ2) is 8.23. The molecule has 174 valence electrons. The Morgan fingerprint density at radius 1 is 0.857 bits per heavy atom. The summed E-state index contributed by atoms with van der Waals surface area (Å²) in [7, 11) is 0. The first kappa shape index (κ1) is 20.7. The first-order chi connectivity index (χ1) is 17.2. The van der Waals surface area contributed by atoms with Crippen LogP contribution in [0.2, 0.25) is 0 Å². The summed E-state index contributed by atoms with van der Waals surface area (Å²) in [4.78, 5) is 16.8. The van der Waals surface area contributed by atoms with Gasteiger partial charge in [0.25, 0.3) is 0 Å². The standard InChI is InChI=1S/C29H28N6/c1-17-12-14-31-26(17)29-32-22-10-7-19(16-25(22)34-29)5-4-18-6-9-21-20(15-18)8-11-23-27(21)35-28(33-23)24-3-2-13-30-24/h6-7,9-10,15-16,24,26,30-31H,1-3,8,11-14H2,(H,32,34)(H,33,35). The van der Waals surface area contributed by atoms with Crippen molar-refractivity contribution < 1.29 is 0 Å². The fourth-order valence-electron chi connectivity index (χ4n) is 5.63. The third-order valence-electron chi connectivity index (χ3n) is 7.52. The predicted octanol–water partition coefficient (Wildman–Crippen LogP) is 4.47. The summed E-state index contributed by atoms with van der Waals surface area (Å²) in [5.41, 5.74) is 10.1. The minimum atomic E-state index is 0.118. The van der Waals surface area contributed by atoms with Crippen molar-refractivity contribution in [3.63, 3.8) is 0 Å². The second-order valence-corrected chi connectivity index (χ2v) is 9.87. The van der Waals surface area contributed by atoms with E-state index >= 15 is 0 Å². The summed E-state index contributed by atoms with van der Waals surface area (Å²) in [6.07, 6.45) is 5.39. The van der Waals surface area contributed by atoms with Crippen molar-refractivity contribution in [1.82, 2.24) is 30.6 Å². The highest BCUT2D eigenvalue weighted by Crippen LogP contribution is 2.34. The Hall–Kier alpha value is -3.66. The van der Waals surface area contributed by atoms with Gasteiger partial charge < -0.3 is 20.6 Å². The maximum atomic E-state index is 4.99. The summed E-state index contributed by atoms with van der Waals surface area (Å²) in [6, 6.07) is 13.2. The molecule has 0 bridgehead atoms. The fourth-order valence-corrected chi connectivity index (χ4v) is 5.63. The van der Waals surface area contributed by atoms with E-state index in [1.165, 1.54) is 28.8 Å². The molecule has 6 heteroatoms. The molecule has 2 atom stereocenters. The van der Waals surface area contributed by atoms with Crippen LogP contribution < -0.4 is 10.6 Å². The third kappa shape index (κ3) is 3.68. The molecule has 0 amide bonds. The van der Waals surface area contributed by atoms with Crippen LogP contribution in [0.4, 0.5) is 0 Å². The number of rotatable bonds is 2. The number of hydrogen-bond acceptors (Lipinski definition) is 4. The average molecular weight is 461 g/mol. The Morgan fingerprint density at radius 2 is 1.74 bits per heavy atom. The summed E-state index contributed by atoms with van der Waals surface area (Å²) < 4.78 is 0. The minimum Gasteiger partial charge on any atom is -0.344 e. The molecule has 0 spiro atoms. The molecule has 4 heterocycles. The van der Waals surface area contributed by atoms with E-state index in [-0.39, 0.29) is 6.04 Å². The van der Waals surface area contributed by atoms with Crippen LogP contribution >= 0.6 is 0 Å². The van der Waals surface area contributed by atoms with E-state index in [9.17, 15) is 0 Å². The molecule has 3 aliphatic rings. The number of imidazole rings is 2. The molecule has 4 aromatic rings. The van der Waals surface area contributed by atoms with Gasteiger partial charge in [0, 0.05) is 22.4 Å². The topological polar surface area (TPSA) is 81.4 Å². The van der Waals surface area contributed by atoms with Crippen LogP contribution in [-0.4, -0.2) is 33.0 Å². The van der Waals surface area contributed by atoms with E-state index in [1.54, 1.807) is 0 Å². The molecule has 2 unspecified atom stereocenters. The van der Waals surface area contributed by atoms with Crippen LogP contribution in [-0.2, 0) is 12.8 Å².